The minimum atomic E-state index is -3.50. The van der Waals surface area contributed by atoms with Crippen molar-refractivity contribution in [1.82, 2.24) is 38.9 Å². The number of piperazine rings is 1. The standard InChI is InChI=1S/C35H44N10O4S/c1-35(2,47)25-5-7-26(8-6-25)40-30-18-32(38-21-28(30)29-11-4-23(19-37-29)34(46)44-16-14-43(3)15-17-44)41-31-12-13-36-33(42-31)24-20-39-45(22-24)50(48,49)27-9-10-27/h4,11-13,18-22,25-27,47H,5-10,14-17H2,1-3H3,(H2,36,38,40,41,42). The molecule has 4 aromatic rings. The van der Waals surface area contributed by atoms with Crippen LogP contribution in [0.1, 0.15) is 62.7 Å². The van der Waals surface area contributed by atoms with Crippen molar-refractivity contribution < 1.29 is 18.3 Å². The average molecular weight is 701 g/mol. The van der Waals surface area contributed by atoms with Crippen LogP contribution in [-0.4, -0.2) is 108 Å². The monoisotopic (exact) mass is 700 g/mol. The average Bonchev–Trinajstić information content (AvgIpc) is 3.85. The van der Waals surface area contributed by atoms with Crippen LogP contribution >= 0.6 is 0 Å². The van der Waals surface area contributed by atoms with E-state index in [4.69, 9.17) is 9.97 Å². The van der Waals surface area contributed by atoms with Crippen molar-refractivity contribution in [2.75, 3.05) is 43.9 Å². The molecule has 0 radical (unpaired) electrons. The molecular formula is C35H44N10O4S. The molecule has 3 N–H and O–H groups in total. The number of hydrogen-bond acceptors (Lipinski definition) is 12. The Balaban J connectivity index is 1.12. The Morgan fingerprint density at radius 3 is 2.36 bits per heavy atom. The van der Waals surface area contributed by atoms with Gasteiger partial charge in [-0.2, -0.15) is 9.19 Å². The second-order valence-electron chi connectivity index (χ2n) is 14.2. The van der Waals surface area contributed by atoms with Crippen LogP contribution in [-0.2, 0) is 10.0 Å². The first-order valence-corrected chi connectivity index (χ1v) is 18.8. The zero-order valence-corrected chi connectivity index (χ0v) is 29.5. The van der Waals surface area contributed by atoms with E-state index in [-0.39, 0.29) is 23.1 Å². The minimum absolute atomic E-state index is 0.0159. The number of likely N-dealkylation sites (N-methyl/N-ethyl adjacent to an activating group) is 1. The van der Waals surface area contributed by atoms with Gasteiger partial charge in [-0.1, -0.05) is 0 Å². The highest BCUT2D eigenvalue weighted by atomic mass is 32.2. The Morgan fingerprint density at radius 2 is 1.68 bits per heavy atom. The number of carbonyl (C=O) groups excluding carboxylic acids is 1. The van der Waals surface area contributed by atoms with Gasteiger partial charge in [0.15, 0.2) is 5.82 Å². The predicted molar refractivity (Wildman–Crippen MR) is 190 cm³/mol. The maximum atomic E-state index is 13.2. The van der Waals surface area contributed by atoms with E-state index >= 15 is 0 Å². The Labute approximate surface area is 292 Å². The molecule has 1 saturated heterocycles. The molecule has 5 heterocycles. The number of nitrogens with zero attached hydrogens (tertiary/aromatic N) is 8. The van der Waals surface area contributed by atoms with Gasteiger partial charge in [0.1, 0.15) is 11.6 Å². The third-order valence-electron chi connectivity index (χ3n) is 10.0. The van der Waals surface area contributed by atoms with Gasteiger partial charge in [-0.3, -0.25) is 9.78 Å². The summed E-state index contributed by atoms with van der Waals surface area (Å²) in [5.74, 6) is 1.59. The molecule has 1 aliphatic heterocycles. The fraction of sp³-hybridized carbons (Fsp3) is 0.486. The molecule has 3 fully saturated rings. The summed E-state index contributed by atoms with van der Waals surface area (Å²) in [5.41, 5.74) is 2.66. The van der Waals surface area contributed by atoms with Gasteiger partial charge in [0, 0.05) is 68.1 Å². The van der Waals surface area contributed by atoms with Crippen molar-refractivity contribution >= 4 is 33.3 Å². The highest BCUT2D eigenvalue weighted by Crippen LogP contribution is 2.36. The van der Waals surface area contributed by atoms with Crippen molar-refractivity contribution in [1.29, 1.82) is 0 Å². The van der Waals surface area contributed by atoms with Gasteiger partial charge >= 0.3 is 0 Å². The molecular weight excluding hydrogens is 657 g/mol. The molecule has 50 heavy (non-hydrogen) atoms. The molecule has 0 bridgehead atoms. The van der Waals surface area contributed by atoms with Gasteiger partial charge in [-0.25, -0.2) is 23.4 Å². The summed E-state index contributed by atoms with van der Waals surface area (Å²) >= 11 is 0. The summed E-state index contributed by atoms with van der Waals surface area (Å²) in [6.07, 6.45) is 12.8. The number of anilines is 3. The maximum absolute atomic E-state index is 13.2. The van der Waals surface area contributed by atoms with E-state index in [1.807, 2.05) is 36.9 Å². The third kappa shape index (κ3) is 7.49. The topological polar surface area (TPSA) is 171 Å². The SMILES string of the molecule is CN1CCN(C(=O)c2ccc(-c3cnc(Nc4ccnc(-c5cnn(S(=O)(=O)C6CC6)c5)n4)cc3NC3CCC(C(C)(C)O)CC3)nc2)CC1. The number of carbonyl (C=O) groups is 1. The van der Waals surface area contributed by atoms with Crippen molar-refractivity contribution in [3.05, 3.63) is 60.8 Å². The highest BCUT2D eigenvalue weighted by Gasteiger charge is 2.38. The molecule has 15 heteroatoms. The van der Waals surface area contributed by atoms with Crippen molar-refractivity contribution in [2.45, 2.75) is 69.3 Å². The van der Waals surface area contributed by atoms with E-state index in [9.17, 15) is 18.3 Å². The second-order valence-corrected chi connectivity index (χ2v) is 16.3. The molecule has 3 aliphatic rings. The first-order valence-electron chi connectivity index (χ1n) is 17.3. The largest absolute Gasteiger partial charge is 0.390 e. The Hall–Kier alpha value is -4.47. The summed E-state index contributed by atoms with van der Waals surface area (Å²) in [7, 11) is -1.44. The van der Waals surface area contributed by atoms with Crippen LogP contribution in [0.25, 0.3) is 22.6 Å². The minimum Gasteiger partial charge on any atom is -0.390 e. The zero-order valence-electron chi connectivity index (χ0n) is 28.7. The molecule has 14 nitrogen and oxygen atoms in total. The lowest BCUT2D eigenvalue weighted by Gasteiger charge is -2.36. The van der Waals surface area contributed by atoms with E-state index in [1.54, 1.807) is 24.7 Å². The van der Waals surface area contributed by atoms with E-state index < -0.39 is 15.6 Å². The lowest BCUT2D eigenvalue weighted by atomic mass is 9.77. The van der Waals surface area contributed by atoms with Crippen LogP contribution in [0.3, 0.4) is 0 Å². The van der Waals surface area contributed by atoms with Crippen LogP contribution in [0.5, 0.6) is 0 Å². The van der Waals surface area contributed by atoms with E-state index in [0.717, 1.165) is 54.1 Å². The van der Waals surface area contributed by atoms with Crippen LogP contribution in [0, 0.1) is 5.92 Å². The molecule has 264 valence electrons. The number of pyridine rings is 2. The number of aliphatic hydroxyl groups is 1. The van der Waals surface area contributed by atoms with E-state index in [1.165, 1.54) is 12.4 Å². The van der Waals surface area contributed by atoms with Gasteiger partial charge in [0.25, 0.3) is 15.9 Å². The van der Waals surface area contributed by atoms with Crippen LogP contribution < -0.4 is 10.6 Å². The van der Waals surface area contributed by atoms with Gasteiger partial charge in [0.2, 0.25) is 0 Å². The molecule has 0 atom stereocenters. The summed E-state index contributed by atoms with van der Waals surface area (Å²) in [6, 6.07) is 7.52. The van der Waals surface area contributed by atoms with Crippen LogP contribution in [0.2, 0.25) is 0 Å². The lowest BCUT2D eigenvalue weighted by molar-refractivity contribution is -0.000396. The smallest absolute Gasteiger partial charge is 0.256 e. The van der Waals surface area contributed by atoms with Crippen molar-refractivity contribution in [2.24, 2.45) is 5.92 Å². The van der Waals surface area contributed by atoms with Gasteiger partial charge < -0.3 is 25.5 Å². The first-order chi connectivity index (χ1) is 23.9. The summed E-state index contributed by atoms with van der Waals surface area (Å²) in [6.45, 7) is 6.85. The van der Waals surface area contributed by atoms with Crippen molar-refractivity contribution in [3.8, 4) is 22.6 Å². The summed E-state index contributed by atoms with van der Waals surface area (Å²) in [4.78, 5) is 35.6. The van der Waals surface area contributed by atoms with Gasteiger partial charge in [-0.15, -0.1) is 0 Å². The third-order valence-corrected chi connectivity index (χ3v) is 12.0. The molecule has 0 unspecified atom stereocenters. The molecule has 7 rings (SSSR count). The van der Waals surface area contributed by atoms with E-state index in [2.05, 4.69) is 37.6 Å². The molecule has 2 aliphatic carbocycles. The Bertz CT molecular complexity index is 1940. The zero-order chi connectivity index (χ0) is 35.0. The van der Waals surface area contributed by atoms with Crippen LogP contribution in [0.4, 0.5) is 17.3 Å². The fourth-order valence-electron chi connectivity index (χ4n) is 6.66. The molecule has 2 saturated carbocycles. The molecule has 4 aromatic heterocycles. The van der Waals surface area contributed by atoms with Crippen molar-refractivity contribution in [3.63, 3.8) is 0 Å². The normalized spacial score (nSPS) is 20.4. The Kier molecular flexibility index (Phi) is 9.30. The maximum Gasteiger partial charge on any atom is 0.256 e. The van der Waals surface area contributed by atoms with Crippen LogP contribution in [0.15, 0.2) is 55.2 Å². The quantitative estimate of drug-likeness (QED) is 0.218. The number of nitrogens with one attached hydrogen (secondary N) is 2. The highest BCUT2D eigenvalue weighted by molar-refractivity contribution is 7.90. The van der Waals surface area contributed by atoms with Gasteiger partial charge in [0.05, 0.1) is 40.1 Å². The number of amides is 1. The molecule has 1 amide bonds. The molecule has 0 aromatic carbocycles. The fourth-order valence-corrected chi connectivity index (χ4v) is 8.14. The number of hydrogen-bond donors (Lipinski definition) is 3. The number of aromatic nitrogens is 6. The molecule has 0 spiro atoms. The summed E-state index contributed by atoms with van der Waals surface area (Å²) in [5, 5.41) is 21.3. The summed E-state index contributed by atoms with van der Waals surface area (Å²) < 4.78 is 26.3. The first kappa shape index (κ1) is 34.0. The second kappa shape index (κ2) is 13.7. The Morgan fingerprint density at radius 1 is 0.920 bits per heavy atom. The van der Waals surface area contributed by atoms with Gasteiger partial charge in [-0.05, 0) is 83.5 Å². The number of rotatable bonds is 10. The van der Waals surface area contributed by atoms with E-state index in [0.29, 0.717) is 60.2 Å². The lowest BCUT2D eigenvalue weighted by Crippen LogP contribution is -2.47. The predicted octanol–water partition coefficient (Wildman–Crippen LogP) is 4.01.